The van der Waals surface area contributed by atoms with E-state index in [0.717, 1.165) is 24.3 Å². The third kappa shape index (κ3) is 5.14. The van der Waals surface area contributed by atoms with E-state index in [1.807, 2.05) is 12.1 Å². The number of ether oxygens (including phenoxy) is 1. The highest BCUT2D eigenvalue weighted by Gasteiger charge is 2.30. The summed E-state index contributed by atoms with van der Waals surface area (Å²) in [6, 6.07) is 3.78. The van der Waals surface area contributed by atoms with Crippen LogP contribution in [0.2, 0.25) is 0 Å². The molecule has 1 aliphatic carbocycles. The summed E-state index contributed by atoms with van der Waals surface area (Å²) < 4.78 is 5.35. The molecule has 0 spiro atoms. The summed E-state index contributed by atoms with van der Waals surface area (Å²) >= 11 is 0. The van der Waals surface area contributed by atoms with Crippen molar-refractivity contribution in [3.63, 3.8) is 0 Å². The van der Waals surface area contributed by atoms with E-state index in [1.165, 1.54) is 12.8 Å². The van der Waals surface area contributed by atoms with Crippen LogP contribution in [0.15, 0.2) is 24.5 Å². The molecule has 0 aromatic carbocycles. The van der Waals surface area contributed by atoms with Crippen LogP contribution in [0, 0.1) is 17.3 Å². The van der Waals surface area contributed by atoms with Gasteiger partial charge in [-0.25, -0.2) is 0 Å². The normalized spacial score (nSPS) is 22.8. The summed E-state index contributed by atoms with van der Waals surface area (Å²) in [5, 5.41) is 0. The van der Waals surface area contributed by atoms with Gasteiger partial charge in [-0.2, -0.15) is 0 Å². The predicted octanol–water partition coefficient (Wildman–Crippen LogP) is 4.37. The number of pyridine rings is 1. The second-order valence-electron chi connectivity index (χ2n) is 7.31. The molecule has 0 N–H and O–H groups in total. The van der Waals surface area contributed by atoms with Crippen molar-refractivity contribution >= 4 is 5.97 Å². The monoisotopic (exact) mass is 289 g/mol. The van der Waals surface area contributed by atoms with E-state index in [9.17, 15) is 4.79 Å². The Kier molecular flexibility index (Phi) is 5.38. The van der Waals surface area contributed by atoms with Gasteiger partial charge in [0.25, 0.3) is 0 Å². The Morgan fingerprint density at radius 3 is 2.57 bits per heavy atom. The topological polar surface area (TPSA) is 39.2 Å². The molecule has 1 aromatic rings. The Morgan fingerprint density at radius 2 is 2.00 bits per heavy atom. The number of rotatable bonds is 4. The fraction of sp³-hybridized carbons (Fsp3) is 0.667. The summed E-state index contributed by atoms with van der Waals surface area (Å²) in [6.45, 7) is 7.30. The van der Waals surface area contributed by atoms with Crippen LogP contribution in [0.3, 0.4) is 0 Å². The van der Waals surface area contributed by atoms with Crippen molar-refractivity contribution in [1.29, 1.82) is 0 Å². The zero-order valence-corrected chi connectivity index (χ0v) is 13.5. The molecule has 0 amide bonds. The maximum absolute atomic E-state index is 11.9. The number of nitrogens with zero attached hydrogens (tertiary/aromatic N) is 1. The third-order valence-corrected chi connectivity index (χ3v) is 4.65. The van der Waals surface area contributed by atoms with Crippen LogP contribution in [0.5, 0.6) is 0 Å². The Morgan fingerprint density at radius 1 is 1.29 bits per heavy atom. The highest BCUT2D eigenvalue weighted by atomic mass is 16.5. The van der Waals surface area contributed by atoms with Gasteiger partial charge in [-0.1, -0.05) is 26.8 Å². The summed E-state index contributed by atoms with van der Waals surface area (Å²) in [5.74, 6) is 1.23. The molecular formula is C18H27NO2. The van der Waals surface area contributed by atoms with Gasteiger partial charge in [-0.05, 0) is 49.0 Å². The molecule has 1 fully saturated rings. The third-order valence-electron chi connectivity index (χ3n) is 4.65. The summed E-state index contributed by atoms with van der Waals surface area (Å²) in [5.41, 5.74) is 1.34. The molecule has 116 valence electrons. The molecule has 0 atom stereocenters. The zero-order chi connectivity index (χ0) is 15.3. The van der Waals surface area contributed by atoms with Gasteiger partial charge in [0.1, 0.15) is 6.61 Å². The second kappa shape index (κ2) is 7.06. The number of aromatic nitrogens is 1. The van der Waals surface area contributed by atoms with Crippen LogP contribution in [0.4, 0.5) is 0 Å². The van der Waals surface area contributed by atoms with E-state index < -0.39 is 0 Å². The lowest BCUT2D eigenvalue weighted by atomic mass is 9.69. The Bertz CT molecular complexity index is 442. The van der Waals surface area contributed by atoms with Crippen LogP contribution in [-0.4, -0.2) is 11.0 Å². The lowest BCUT2D eigenvalue weighted by molar-refractivity contribution is -0.146. The highest BCUT2D eigenvalue weighted by Crippen LogP contribution is 2.40. The number of hydrogen-bond donors (Lipinski definition) is 0. The number of carbonyl (C=O) groups excluding carboxylic acids is 1. The first kappa shape index (κ1) is 16.0. The maximum atomic E-state index is 11.9. The van der Waals surface area contributed by atoms with Crippen molar-refractivity contribution in [2.75, 3.05) is 0 Å². The van der Waals surface area contributed by atoms with Crippen molar-refractivity contribution in [3.05, 3.63) is 30.1 Å². The van der Waals surface area contributed by atoms with E-state index in [2.05, 4.69) is 25.8 Å². The van der Waals surface area contributed by atoms with E-state index in [0.29, 0.717) is 24.4 Å². The van der Waals surface area contributed by atoms with Gasteiger partial charge in [0.2, 0.25) is 0 Å². The molecule has 3 heteroatoms. The molecule has 2 rings (SSSR count). The predicted molar refractivity (Wildman–Crippen MR) is 83.6 cm³/mol. The molecular weight excluding hydrogens is 262 g/mol. The van der Waals surface area contributed by atoms with Gasteiger partial charge in [0, 0.05) is 24.4 Å². The van der Waals surface area contributed by atoms with Crippen molar-refractivity contribution in [2.45, 2.75) is 59.5 Å². The molecule has 0 radical (unpaired) electrons. The van der Waals surface area contributed by atoms with Gasteiger partial charge in [0.15, 0.2) is 0 Å². The largest absolute Gasteiger partial charge is 0.461 e. The molecule has 1 aromatic heterocycles. The fourth-order valence-corrected chi connectivity index (χ4v) is 3.17. The SMILES string of the molecule is CC(C)(C)C1CCC(CC(=O)OCc2cccnc2)CC1. The molecule has 0 bridgehead atoms. The average molecular weight is 289 g/mol. The van der Waals surface area contributed by atoms with E-state index in [4.69, 9.17) is 4.74 Å². The van der Waals surface area contributed by atoms with Crippen molar-refractivity contribution in [2.24, 2.45) is 17.3 Å². The molecule has 21 heavy (non-hydrogen) atoms. The minimum atomic E-state index is -0.0712. The fourth-order valence-electron chi connectivity index (χ4n) is 3.17. The van der Waals surface area contributed by atoms with Crippen molar-refractivity contribution < 1.29 is 9.53 Å². The van der Waals surface area contributed by atoms with E-state index in [1.54, 1.807) is 12.4 Å². The van der Waals surface area contributed by atoms with Crippen LogP contribution < -0.4 is 0 Å². The molecule has 3 nitrogen and oxygen atoms in total. The van der Waals surface area contributed by atoms with Crippen molar-refractivity contribution in [3.8, 4) is 0 Å². The van der Waals surface area contributed by atoms with Gasteiger partial charge in [0.05, 0.1) is 0 Å². The second-order valence-corrected chi connectivity index (χ2v) is 7.31. The first-order valence-electron chi connectivity index (χ1n) is 7.99. The molecule has 1 aliphatic rings. The first-order chi connectivity index (χ1) is 9.95. The number of hydrogen-bond acceptors (Lipinski definition) is 3. The zero-order valence-electron chi connectivity index (χ0n) is 13.5. The molecule has 0 saturated heterocycles. The molecule has 1 saturated carbocycles. The quantitative estimate of drug-likeness (QED) is 0.773. The first-order valence-corrected chi connectivity index (χ1v) is 7.99. The lowest BCUT2D eigenvalue weighted by Gasteiger charge is -2.36. The van der Waals surface area contributed by atoms with Crippen LogP contribution in [0.1, 0.15) is 58.4 Å². The lowest BCUT2D eigenvalue weighted by Crippen LogP contribution is -2.26. The summed E-state index contributed by atoms with van der Waals surface area (Å²) in [4.78, 5) is 15.9. The standard InChI is InChI=1S/C18H27NO2/c1-18(2,3)16-8-6-14(7-9-16)11-17(20)21-13-15-5-4-10-19-12-15/h4-5,10,12,14,16H,6-9,11,13H2,1-3H3. The van der Waals surface area contributed by atoms with Gasteiger partial charge >= 0.3 is 5.97 Å². The Balaban J connectivity index is 1.70. The van der Waals surface area contributed by atoms with Crippen LogP contribution in [0.25, 0.3) is 0 Å². The van der Waals surface area contributed by atoms with Crippen molar-refractivity contribution in [1.82, 2.24) is 4.98 Å². The minimum Gasteiger partial charge on any atom is -0.461 e. The average Bonchev–Trinajstić information content (AvgIpc) is 2.46. The number of esters is 1. The molecule has 0 unspecified atom stereocenters. The van der Waals surface area contributed by atoms with E-state index in [-0.39, 0.29) is 5.97 Å². The molecule has 0 aliphatic heterocycles. The number of carbonyl (C=O) groups is 1. The summed E-state index contributed by atoms with van der Waals surface area (Å²) in [7, 11) is 0. The Labute approximate surface area is 128 Å². The minimum absolute atomic E-state index is 0.0712. The van der Waals surface area contributed by atoms with Crippen LogP contribution in [-0.2, 0) is 16.1 Å². The van der Waals surface area contributed by atoms with Gasteiger partial charge < -0.3 is 4.74 Å². The maximum Gasteiger partial charge on any atom is 0.306 e. The highest BCUT2D eigenvalue weighted by molar-refractivity contribution is 5.69. The smallest absolute Gasteiger partial charge is 0.306 e. The van der Waals surface area contributed by atoms with Crippen LogP contribution >= 0.6 is 0 Å². The van der Waals surface area contributed by atoms with E-state index >= 15 is 0 Å². The van der Waals surface area contributed by atoms with Gasteiger partial charge in [-0.3, -0.25) is 9.78 Å². The summed E-state index contributed by atoms with van der Waals surface area (Å²) in [6.07, 6.45) is 8.82. The van der Waals surface area contributed by atoms with Gasteiger partial charge in [-0.15, -0.1) is 0 Å². The Hall–Kier alpha value is -1.38. The molecule has 1 heterocycles.